The summed E-state index contributed by atoms with van der Waals surface area (Å²) in [5, 5.41) is 7.59. The largest absolute Gasteiger partial charge is 0.493 e. The lowest BCUT2D eigenvalue weighted by Gasteiger charge is -2.14. The van der Waals surface area contributed by atoms with E-state index in [1.165, 1.54) is 11.1 Å². The van der Waals surface area contributed by atoms with Gasteiger partial charge in [0.1, 0.15) is 19.0 Å². The Morgan fingerprint density at radius 1 is 1.13 bits per heavy atom. The molecule has 2 aromatic carbocycles. The number of benzene rings is 2. The van der Waals surface area contributed by atoms with E-state index in [0.29, 0.717) is 29.8 Å². The fourth-order valence-corrected chi connectivity index (χ4v) is 3.71. The fraction of sp³-hybridized carbons (Fsp3) is 0.364. The Kier molecular flexibility index (Phi) is 10.2. The van der Waals surface area contributed by atoms with E-state index >= 15 is 0 Å². The van der Waals surface area contributed by atoms with Gasteiger partial charge in [0.15, 0.2) is 16.6 Å². The number of hydrazone groups is 1. The van der Waals surface area contributed by atoms with Crippen LogP contribution < -0.4 is 25.0 Å². The van der Waals surface area contributed by atoms with E-state index in [-0.39, 0.29) is 0 Å². The van der Waals surface area contributed by atoms with Crippen molar-refractivity contribution in [2.75, 3.05) is 26.9 Å². The highest BCUT2D eigenvalue weighted by Crippen LogP contribution is 2.33. The molecule has 0 amide bonds. The van der Waals surface area contributed by atoms with Gasteiger partial charge in [-0.05, 0) is 96.0 Å². The van der Waals surface area contributed by atoms with Crippen LogP contribution in [0.2, 0.25) is 0 Å². The molecule has 0 bridgehead atoms. The molecule has 0 unspecified atom stereocenters. The van der Waals surface area contributed by atoms with E-state index in [1.54, 1.807) is 13.3 Å². The first-order valence-corrected chi connectivity index (χ1v) is 11.3. The number of ether oxygens (including phenoxy) is 3. The van der Waals surface area contributed by atoms with Crippen molar-refractivity contribution in [1.82, 2.24) is 10.7 Å². The average molecular weight is 541 g/mol. The van der Waals surface area contributed by atoms with Crippen LogP contribution in [0.4, 0.5) is 0 Å². The van der Waals surface area contributed by atoms with Crippen LogP contribution in [0.3, 0.4) is 0 Å². The minimum Gasteiger partial charge on any atom is -0.493 e. The standard InChI is InChI=1S/C22H28IN3O3S/c1-5-16-9-15(3)10-18(11-16)28-7-8-29-21-19(23)12-17(13-20(21)27-4)14-25-26-22(30)24-6-2/h9-14H,5-8H2,1-4H3,(H2,24,26,30)/b25-14-. The van der Waals surface area contributed by atoms with Crippen molar-refractivity contribution < 1.29 is 14.2 Å². The first-order valence-electron chi connectivity index (χ1n) is 9.77. The highest BCUT2D eigenvalue weighted by Gasteiger charge is 2.11. The van der Waals surface area contributed by atoms with E-state index in [4.69, 9.17) is 26.4 Å². The molecule has 0 atom stereocenters. The van der Waals surface area contributed by atoms with Gasteiger partial charge in [-0.25, -0.2) is 0 Å². The molecule has 0 saturated carbocycles. The summed E-state index contributed by atoms with van der Waals surface area (Å²) in [4.78, 5) is 0. The zero-order valence-corrected chi connectivity index (χ0v) is 20.7. The van der Waals surface area contributed by atoms with Gasteiger partial charge >= 0.3 is 0 Å². The number of hydrogen-bond donors (Lipinski definition) is 2. The van der Waals surface area contributed by atoms with Gasteiger partial charge in [0.2, 0.25) is 0 Å². The normalized spacial score (nSPS) is 10.7. The Hall–Kier alpha value is -2.07. The van der Waals surface area contributed by atoms with Crippen molar-refractivity contribution in [2.24, 2.45) is 5.10 Å². The molecule has 2 N–H and O–H groups in total. The molecule has 0 aromatic heterocycles. The summed E-state index contributed by atoms with van der Waals surface area (Å²) in [5.74, 6) is 2.20. The van der Waals surface area contributed by atoms with Crippen LogP contribution in [-0.2, 0) is 6.42 Å². The van der Waals surface area contributed by atoms with Gasteiger partial charge in [-0.1, -0.05) is 13.0 Å². The summed E-state index contributed by atoms with van der Waals surface area (Å²) >= 11 is 7.31. The maximum absolute atomic E-state index is 5.95. The zero-order valence-electron chi connectivity index (χ0n) is 17.8. The molecule has 0 radical (unpaired) electrons. The predicted octanol–water partition coefficient (Wildman–Crippen LogP) is 4.45. The molecule has 30 heavy (non-hydrogen) atoms. The van der Waals surface area contributed by atoms with Crippen molar-refractivity contribution in [2.45, 2.75) is 27.2 Å². The fourth-order valence-electron chi connectivity index (χ4n) is 2.74. The molecule has 2 rings (SSSR count). The lowest BCUT2D eigenvalue weighted by molar-refractivity contribution is 0.210. The third kappa shape index (κ3) is 7.64. The van der Waals surface area contributed by atoms with E-state index in [1.807, 2.05) is 25.1 Å². The molecule has 0 heterocycles. The summed E-state index contributed by atoms with van der Waals surface area (Å²) in [6.07, 6.45) is 2.67. The summed E-state index contributed by atoms with van der Waals surface area (Å²) in [6, 6.07) is 10.1. The minimum atomic E-state index is 0.410. The Morgan fingerprint density at radius 2 is 1.90 bits per heavy atom. The number of rotatable bonds is 10. The topological polar surface area (TPSA) is 64.1 Å². The van der Waals surface area contributed by atoms with Crippen LogP contribution in [-0.4, -0.2) is 38.2 Å². The second-order valence-electron chi connectivity index (χ2n) is 6.47. The van der Waals surface area contributed by atoms with Crippen molar-refractivity contribution in [3.8, 4) is 17.2 Å². The minimum absolute atomic E-state index is 0.410. The van der Waals surface area contributed by atoms with E-state index in [9.17, 15) is 0 Å². The highest BCUT2D eigenvalue weighted by molar-refractivity contribution is 14.1. The zero-order chi connectivity index (χ0) is 21.9. The van der Waals surface area contributed by atoms with Crippen molar-refractivity contribution in [1.29, 1.82) is 0 Å². The molecule has 0 aliphatic carbocycles. The second-order valence-corrected chi connectivity index (χ2v) is 8.04. The Bertz CT molecular complexity index is 890. The molecule has 8 heteroatoms. The molecule has 0 fully saturated rings. The van der Waals surface area contributed by atoms with E-state index in [0.717, 1.165) is 27.8 Å². The SMILES string of the molecule is CCNC(=S)N/N=C\c1cc(I)c(OCCOc2cc(C)cc(CC)c2)c(OC)c1. The number of halogens is 1. The number of hydrogen-bond acceptors (Lipinski definition) is 5. The lowest BCUT2D eigenvalue weighted by Crippen LogP contribution is -2.31. The third-order valence-electron chi connectivity index (χ3n) is 4.09. The van der Waals surface area contributed by atoms with Crippen LogP contribution in [0, 0.1) is 10.5 Å². The quantitative estimate of drug-likeness (QED) is 0.153. The van der Waals surface area contributed by atoms with Gasteiger partial charge in [-0.2, -0.15) is 5.10 Å². The van der Waals surface area contributed by atoms with E-state index in [2.05, 4.69) is 64.4 Å². The summed E-state index contributed by atoms with van der Waals surface area (Å²) in [5.41, 5.74) is 6.10. The van der Waals surface area contributed by atoms with Gasteiger partial charge in [0.05, 0.1) is 16.9 Å². The number of thiocarbonyl (C=S) groups is 1. The molecule has 0 aliphatic heterocycles. The van der Waals surface area contributed by atoms with Gasteiger partial charge in [0.25, 0.3) is 0 Å². The van der Waals surface area contributed by atoms with Crippen molar-refractivity contribution >= 4 is 46.1 Å². The van der Waals surface area contributed by atoms with Crippen LogP contribution in [0.15, 0.2) is 35.4 Å². The van der Waals surface area contributed by atoms with Crippen LogP contribution >= 0.6 is 34.8 Å². The molecule has 0 aliphatic rings. The maximum Gasteiger partial charge on any atom is 0.186 e. The smallest absolute Gasteiger partial charge is 0.186 e. The monoisotopic (exact) mass is 541 g/mol. The maximum atomic E-state index is 5.95. The van der Waals surface area contributed by atoms with E-state index < -0.39 is 0 Å². The first-order chi connectivity index (χ1) is 14.5. The van der Waals surface area contributed by atoms with Crippen LogP contribution in [0.25, 0.3) is 0 Å². The molecule has 2 aromatic rings. The average Bonchev–Trinajstić information content (AvgIpc) is 2.71. The second kappa shape index (κ2) is 12.6. The first kappa shape index (κ1) is 24.2. The summed E-state index contributed by atoms with van der Waals surface area (Å²) in [7, 11) is 1.62. The van der Waals surface area contributed by atoms with Crippen LogP contribution in [0.5, 0.6) is 17.2 Å². The summed E-state index contributed by atoms with van der Waals surface area (Å²) < 4.78 is 18.2. The number of nitrogens with zero attached hydrogens (tertiary/aromatic N) is 1. The number of aryl methyl sites for hydroxylation is 2. The third-order valence-corrected chi connectivity index (χ3v) is 5.12. The molecular weight excluding hydrogens is 513 g/mol. The van der Waals surface area contributed by atoms with Crippen molar-refractivity contribution in [3.05, 3.63) is 50.6 Å². The predicted molar refractivity (Wildman–Crippen MR) is 134 cm³/mol. The summed E-state index contributed by atoms with van der Waals surface area (Å²) in [6.45, 7) is 7.78. The number of nitrogens with one attached hydrogen (secondary N) is 2. The Labute approximate surface area is 197 Å². The molecule has 6 nitrogen and oxygen atoms in total. The molecule has 162 valence electrons. The lowest BCUT2D eigenvalue weighted by atomic mass is 10.1. The Balaban J connectivity index is 1.96. The van der Waals surface area contributed by atoms with Gasteiger partial charge < -0.3 is 19.5 Å². The molecule has 0 saturated heterocycles. The Morgan fingerprint density at radius 3 is 2.60 bits per heavy atom. The van der Waals surface area contributed by atoms with Crippen molar-refractivity contribution in [3.63, 3.8) is 0 Å². The van der Waals surface area contributed by atoms with Gasteiger partial charge in [0, 0.05) is 6.54 Å². The molecule has 0 spiro atoms. The molecular formula is C22H28IN3O3S. The van der Waals surface area contributed by atoms with Gasteiger partial charge in [-0.15, -0.1) is 0 Å². The van der Waals surface area contributed by atoms with Gasteiger partial charge in [-0.3, -0.25) is 5.43 Å². The highest BCUT2D eigenvalue weighted by atomic mass is 127. The van der Waals surface area contributed by atoms with Crippen LogP contribution in [0.1, 0.15) is 30.5 Å². The number of methoxy groups -OCH3 is 1.